The summed E-state index contributed by atoms with van der Waals surface area (Å²) in [5.41, 5.74) is 5.05. The quantitative estimate of drug-likeness (QED) is 0.277. The van der Waals surface area contributed by atoms with Crippen LogP contribution in [-0.2, 0) is 4.79 Å². The number of pyridine rings is 1. The topological polar surface area (TPSA) is 62.2 Å². The Morgan fingerprint density at radius 1 is 1.14 bits per heavy atom. The van der Waals surface area contributed by atoms with Gasteiger partial charge in [-0.05, 0) is 85.4 Å². The van der Waals surface area contributed by atoms with Gasteiger partial charge in [-0.2, -0.15) is 0 Å². The number of nitrogens with one attached hydrogen (secondary N) is 2. The second-order valence-corrected chi connectivity index (χ2v) is 9.59. The Bertz CT molecular complexity index is 1470. The number of carbonyl (C=O) groups is 1. The highest BCUT2D eigenvalue weighted by molar-refractivity contribution is 7.80. The highest BCUT2D eigenvalue weighted by atomic mass is 35.5. The number of rotatable bonds is 6. The van der Waals surface area contributed by atoms with Gasteiger partial charge in [0.25, 0.3) is 0 Å². The molecule has 0 bridgehead atoms. The normalized spacial score (nSPS) is 17.1. The van der Waals surface area contributed by atoms with Crippen LogP contribution in [0.25, 0.3) is 5.69 Å². The molecule has 6 nitrogen and oxygen atoms in total. The van der Waals surface area contributed by atoms with Gasteiger partial charge in [0.15, 0.2) is 5.11 Å². The summed E-state index contributed by atoms with van der Waals surface area (Å²) in [6.45, 7) is 3.77. The molecule has 2 atom stereocenters. The Hall–Kier alpha value is -3.75. The number of amides is 1. The molecular weight excluding hydrogens is 509 g/mol. The molecule has 9 heteroatoms. The van der Waals surface area contributed by atoms with Crippen molar-refractivity contribution < 1.29 is 9.18 Å². The summed E-state index contributed by atoms with van der Waals surface area (Å²) in [7, 11) is 0. The molecule has 1 amide bonds. The number of aromatic nitrogens is 2. The van der Waals surface area contributed by atoms with Crippen LogP contribution in [0.15, 0.2) is 79.1 Å². The Morgan fingerprint density at radius 3 is 2.65 bits per heavy atom. The molecule has 37 heavy (non-hydrogen) atoms. The molecule has 188 valence electrons. The number of halogens is 2. The van der Waals surface area contributed by atoms with Gasteiger partial charge in [0.2, 0.25) is 5.91 Å². The first-order valence-electron chi connectivity index (χ1n) is 11.9. The van der Waals surface area contributed by atoms with Crippen LogP contribution in [0.3, 0.4) is 0 Å². The van der Waals surface area contributed by atoms with Crippen LogP contribution in [0.4, 0.5) is 15.8 Å². The second-order valence-electron chi connectivity index (χ2n) is 8.80. The zero-order valence-electron chi connectivity index (χ0n) is 20.3. The molecule has 0 radical (unpaired) electrons. The maximum atomic E-state index is 13.9. The summed E-state index contributed by atoms with van der Waals surface area (Å²) in [5.74, 6) is -0.514. The zero-order valence-corrected chi connectivity index (χ0v) is 21.9. The largest absolute Gasteiger partial charge is 0.351 e. The number of aryl methyl sites for hydroxylation is 1. The van der Waals surface area contributed by atoms with E-state index in [-0.39, 0.29) is 23.0 Å². The Balaban J connectivity index is 1.62. The number of carbonyl (C=O) groups excluding carboxylic acids is 1. The van der Waals surface area contributed by atoms with Crippen LogP contribution in [-0.4, -0.2) is 20.6 Å². The molecule has 1 aliphatic heterocycles. The lowest BCUT2D eigenvalue weighted by Crippen LogP contribution is -2.30. The molecule has 2 N–H and O–H groups in total. The van der Waals surface area contributed by atoms with Crippen molar-refractivity contribution in [1.82, 2.24) is 14.9 Å². The van der Waals surface area contributed by atoms with Crippen molar-refractivity contribution in [2.45, 2.75) is 32.4 Å². The lowest BCUT2D eigenvalue weighted by Gasteiger charge is -2.29. The van der Waals surface area contributed by atoms with Crippen LogP contribution in [0.1, 0.15) is 42.4 Å². The number of benzene rings is 2. The van der Waals surface area contributed by atoms with E-state index < -0.39 is 5.82 Å². The Labute approximate surface area is 225 Å². The average Bonchev–Trinajstić information content (AvgIpc) is 3.51. The van der Waals surface area contributed by atoms with Gasteiger partial charge in [-0.15, -0.1) is 0 Å². The smallest absolute Gasteiger partial charge is 0.224 e. The minimum Gasteiger partial charge on any atom is -0.351 e. The van der Waals surface area contributed by atoms with Crippen LogP contribution in [0.2, 0.25) is 5.02 Å². The lowest BCUT2D eigenvalue weighted by atomic mass is 10.00. The van der Waals surface area contributed by atoms with E-state index in [2.05, 4.69) is 20.5 Å². The summed E-state index contributed by atoms with van der Waals surface area (Å²) in [4.78, 5) is 18.6. The first-order chi connectivity index (χ1) is 17.9. The maximum Gasteiger partial charge on any atom is 0.224 e. The fraction of sp³-hybridized carbons (Fsp3) is 0.179. The summed E-state index contributed by atoms with van der Waals surface area (Å²) in [6, 6.07) is 19.7. The van der Waals surface area contributed by atoms with Crippen LogP contribution in [0.5, 0.6) is 0 Å². The monoisotopic (exact) mass is 533 g/mol. The van der Waals surface area contributed by atoms with E-state index in [1.165, 1.54) is 6.07 Å². The first kappa shape index (κ1) is 24.9. The van der Waals surface area contributed by atoms with E-state index in [0.29, 0.717) is 11.5 Å². The van der Waals surface area contributed by atoms with Gasteiger partial charge in [-0.25, -0.2) is 4.39 Å². The number of thiocarbonyl (C=S) groups is 1. The highest BCUT2D eigenvalue weighted by Gasteiger charge is 2.42. The lowest BCUT2D eigenvalue weighted by molar-refractivity contribution is -0.115. The third-order valence-electron chi connectivity index (χ3n) is 6.45. The van der Waals surface area contributed by atoms with Crippen molar-refractivity contribution >= 4 is 46.2 Å². The third-order valence-corrected chi connectivity index (χ3v) is 7.05. The fourth-order valence-corrected chi connectivity index (χ4v) is 5.14. The number of nitrogens with zero attached hydrogens (tertiary/aromatic N) is 3. The second kappa shape index (κ2) is 10.3. The van der Waals surface area contributed by atoms with Crippen molar-refractivity contribution in [2.75, 3.05) is 10.2 Å². The maximum absolute atomic E-state index is 13.9. The molecule has 1 saturated heterocycles. The molecule has 2 aromatic carbocycles. The summed E-state index contributed by atoms with van der Waals surface area (Å²) >= 11 is 12.0. The third kappa shape index (κ3) is 4.82. The predicted octanol–water partition coefficient (Wildman–Crippen LogP) is 6.50. The summed E-state index contributed by atoms with van der Waals surface area (Å²) in [5, 5.41) is 7.00. The molecule has 5 rings (SSSR count). The summed E-state index contributed by atoms with van der Waals surface area (Å²) < 4.78 is 15.9. The standard InChI is InChI=1S/C28H25ClFN5OS/c1-3-25(36)32-22-12-10-19(15-17(22)2)35-27(26(33-28(35)37)23-7-4-5-13-31-23)24-8-6-14-34(24)18-9-11-21(30)20(29)16-18/h4-16,26-27H,3H2,1-2H3,(H,32,36)(H,33,37)/t26-,27-/m0/s1. The SMILES string of the molecule is CCC(=O)Nc1ccc(N2C(=S)N[C@@H](c3ccccn3)[C@@H]2c2cccn2-c2ccc(F)c(Cl)c2)cc1C. The Morgan fingerprint density at radius 2 is 1.95 bits per heavy atom. The van der Waals surface area contributed by atoms with E-state index >= 15 is 0 Å². The van der Waals surface area contributed by atoms with Crippen LogP contribution < -0.4 is 15.5 Å². The first-order valence-corrected chi connectivity index (χ1v) is 12.7. The summed E-state index contributed by atoms with van der Waals surface area (Å²) in [6.07, 6.45) is 4.08. The molecule has 1 fully saturated rings. The van der Waals surface area contributed by atoms with E-state index in [1.807, 2.05) is 73.1 Å². The number of anilines is 2. The van der Waals surface area contributed by atoms with Gasteiger partial charge in [0, 0.05) is 41.6 Å². The fourth-order valence-electron chi connectivity index (χ4n) is 4.62. The molecule has 1 aliphatic rings. The minimum absolute atomic E-state index is 0.0434. The van der Waals surface area contributed by atoms with Crippen molar-refractivity contribution in [2.24, 2.45) is 0 Å². The van der Waals surface area contributed by atoms with E-state index in [0.717, 1.165) is 34.0 Å². The molecule has 0 saturated carbocycles. The predicted molar refractivity (Wildman–Crippen MR) is 149 cm³/mol. The van der Waals surface area contributed by atoms with E-state index in [1.54, 1.807) is 18.3 Å². The number of hydrogen-bond donors (Lipinski definition) is 2. The van der Waals surface area contributed by atoms with Gasteiger partial charge < -0.3 is 20.1 Å². The zero-order chi connectivity index (χ0) is 26.1. The van der Waals surface area contributed by atoms with Gasteiger partial charge in [-0.1, -0.05) is 24.6 Å². The van der Waals surface area contributed by atoms with Gasteiger partial charge >= 0.3 is 0 Å². The van der Waals surface area contributed by atoms with Crippen molar-refractivity contribution in [3.05, 3.63) is 107 Å². The Kier molecular flexibility index (Phi) is 6.95. The number of hydrogen-bond acceptors (Lipinski definition) is 3. The van der Waals surface area contributed by atoms with Crippen molar-refractivity contribution in [3.63, 3.8) is 0 Å². The highest BCUT2D eigenvalue weighted by Crippen LogP contribution is 2.43. The molecule has 0 unspecified atom stereocenters. The van der Waals surface area contributed by atoms with Crippen LogP contribution >= 0.6 is 23.8 Å². The molecule has 3 heterocycles. The average molecular weight is 534 g/mol. The van der Waals surface area contributed by atoms with Gasteiger partial charge in [-0.3, -0.25) is 9.78 Å². The van der Waals surface area contributed by atoms with E-state index in [9.17, 15) is 9.18 Å². The molecular formula is C28H25ClFN5OS. The molecule has 0 aliphatic carbocycles. The van der Waals surface area contributed by atoms with E-state index in [4.69, 9.17) is 23.8 Å². The molecule has 0 spiro atoms. The minimum atomic E-state index is -0.471. The van der Waals surface area contributed by atoms with Crippen LogP contribution in [0, 0.1) is 12.7 Å². The molecule has 2 aromatic heterocycles. The van der Waals surface area contributed by atoms with Gasteiger partial charge in [0.05, 0.1) is 16.8 Å². The van der Waals surface area contributed by atoms with Gasteiger partial charge in [0.1, 0.15) is 11.9 Å². The molecule has 4 aromatic rings. The van der Waals surface area contributed by atoms with Crippen molar-refractivity contribution in [1.29, 1.82) is 0 Å². The van der Waals surface area contributed by atoms with Crippen molar-refractivity contribution in [3.8, 4) is 5.69 Å².